The maximum Gasteiger partial charge on any atom is 0.146 e. The van der Waals surface area contributed by atoms with Crippen LogP contribution in [0.15, 0.2) is 127 Å². The van der Waals surface area contributed by atoms with Crippen molar-refractivity contribution in [2.24, 2.45) is 0 Å². The lowest BCUT2D eigenvalue weighted by molar-refractivity contribution is 1.12. The number of aromatic nitrogens is 2. The number of nitrogens with zero attached hydrogens (tertiary/aromatic N) is 2. The Morgan fingerprint density at radius 2 is 0.870 bits per heavy atom. The third kappa shape index (κ3) is 4.22. The van der Waals surface area contributed by atoms with Crippen molar-refractivity contribution in [2.75, 3.05) is 0 Å². The average molecular weight is 572 g/mol. The molecule has 0 bridgehead atoms. The molecule has 7 heteroatoms. The summed E-state index contributed by atoms with van der Waals surface area (Å²) in [5, 5.41) is 4.60. The highest BCUT2D eigenvalue weighted by atomic mass is 15.1. The highest BCUT2D eigenvalue weighted by molar-refractivity contribution is 6.68. The van der Waals surface area contributed by atoms with E-state index >= 15 is 0 Å². The first-order valence-electron chi connectivity index (χ1n) is 15.0. The van der Waals surface area contributed by atoms with Gasteiger partial charge in [0.25, 0.3) is 0 Å². The zero-order valence-electron chi connectivity index (χ0n) is 24.9. The number of fused-ring (bicyclic) bond motifs is 3. The van der Waals surface area contributed by atoms with Crippen LogP contribution in [0.5, 0.6) is 0 Å². The lowest BCUT2D eigenvalue weighted by atomic mass is 9.61. The van der Waals surface area contributed by atoms with Crippen LogP contribution in [0.2, 0.25) is 0 Å². The second-order valence-electron chi connectivity index (χ2n) is 11.4. The summed E-state index contributed by atoms with van der Waals surface area (Å²) < 4.78 is 1.95. The smallest absolute Gasteiger partial charge is 0.146 e. The van der Waals surface area contributed by atoms with Crippen molar-refractivity contribution in [3.05, 3.63) is 127 Å². The molecule has 46 heavy (non-hydrogen) atoms. The van der Waals surface area contributed by atoms with Gasteiger partial charge in [0, 0.05) is 11.3 Å². The van der Waals surface area contributed by atoms with E-state index in [1.54, 1.807) is 0 Å². The lowest BCUT2D eigenvalue weighted by Crippen LogP contribution is -2.56. The first-order chi connectivity index (χ1) is 22.5. The monoisotopic (exact) mass is 572 g/mol. The van der Waals surface area contributed by atoms with Crippen molar-refractivity contribution in [3.63, 3.8) is 0 Å². The SMILES string of the molecule is [B]c1c([B])c([B])c(-n2c(-c3ccccc3-c3c4ccccc4c(-c4ccccc4)c4ccccc34)nc3ccccc32)c([B])c1[B]. The highest BCUT2D eigenvalue weighted by Gasteiger charge is 2.24. The molecule has 10 radical (unpaired) electrons. The molecule has 0 unspecified atom stereocenters. The topological polar surface area (TPSA) is 17.8 Å². The van der Waals surface area contributed by atoms with Gasteiger partial charge in [-0.25, -0.2) is 4.98 Å². The Morgan fingerprint density at radius 1 is 0.413 bits per heavy atom. The predicted molar refractivity (Wildman–Crippen MR) is 199 cm³/mol. The molecule has 8 aromatic rings. The van der Waals surface area contributed by atoms with E-state index < -0.39 is 0 Å². The zero-order valence-corrected chi connectivity index (χ0v) is 24.9. The van der Waals surface area contributed by atoms with Crippen molar-refractivity contribution in [1.82, 2.24) is 9.55 Å². The minimum atomic E-state index is 0.168. The van der Waals surface area contributed by atoms with Crippen molar-refractivity contribution in [2.45, 2.75) is 0 Å². The predicted octanol–water partition coefficient (Wildman–Crippen LogP) is 4.30. The molecular weight excluding hydrogens is 551 g/mol. The van der Waals surface area contributed by atoms with Crippen molar-refractivity contribution in [1.29, 1.82) is 0 Å². The molecule has 8 rings (SSSR count). The Hall–Kier alpha value is -5.15. The number of imidazole rings is 1. The van der Waals surface area contributed by atoms with Crippen LogP contribution in [0.4, 0.5) is 0 Å². The molecule has 0 spiro atoms. The fourth-order valence-corrected chi connectivity index (χ4v) is 6.74. The van der Waals surface area contributed by atoms with Crippen LogP contribution < -0.4 is 27.3 Å². The second kappa shape index (κ2) is 11.0. The molecular formula is C39H21B5N2. The summed E-state index contributed by atoms with van der Waals surface area (Å²) in [6.45, 7) is 0. The molecule has 1 aromatic heterocycles. The number of benzene rings is 7. The third-order valence-corrected chi connectivity index (χ3v) is 8.89. The molecule has 0 fully saturated rings. The molecule has 2 nitrogen and oxygen atoms in total. The minimum absolute atomic E-state index is 0.168. The minimum Gasteiger partial charge on any atom is -0.294 e. The largest absolute Gasteiger partial charge is 0.294 e. The van der Waals surface area contributed by atoms with E-state index in [0.717, 1.165) is 38.5 Å². The molecule has 0 saturated carbocycles. The van der Waals surface area contributed by atoms with E-state index in [1.807, 2.05) is 41.0 Å². The maximum atomic E-state index is 6.66. The summed E-state index contributed by atoms with van der Waals surface area (Å²) >= 11 is 0. The van der Waals surface area contributed by atoms with Gasteiger partial charge in [-0.2, -0.15) is 0 Å². The summed E-state index contributed by atoms with van der Waals surface area (Å²) in [4.78, 5) is 5.17. The number of hydrogen-bond acceptors (Lipinski definition) is 1. The van der Waals surface area contributed by atoms with E-state index in [2.05, 4.69) is 91.0 Å². The third-order valence-electron chi connectivity index (χ3n) is 8.89. The van der Waals surface area contributed by atoms with E-state index in [1.165, 1.54) is 21.9 Å². The maximum absolute atomic E-state index is 6.66. The van der Waals surface area contributed by atoms with E-state index in [9.17, 15) is 0 Å². The van der Waals surface area contributed by atoms with Gasteiger partial charge >= 0.3 is 0 Å². The van der Waals surface area contributed by atoms with Crippen LogP contribution in [0, 0.1) is 0 Å². The summed E-state index contributed by atoms with van der Waals surface area (Å²) in [6, 6.07) is 43.9. The second-order valence-corrected chi connectivity index (χ2v) is 11.4. The average Bonchev–Trinajstić information content (AvgIpc) is 3.48. The Labute approximate surface area is 274 Å². The standard InChI is InChI=1S/C39H21B5N2/c40-33-34(41)36(43)38(37(44)35(33)42)46-30-21-11-10-20-29(30)45-39(46)28-19-9-8-18-27(28)32-25-16-6-4-14-23(25)31(22-12-2-1-3-13-22)24-15-5-7-17-26(24)32/h1-21H. The van der Waals surface area contributed by atoms with E-state index in [-0.39, 0.29) is 27.3 Å². The van der Waals surface area contributed by atoms with Crippen LogP contribution >= 0.6 is 0 Å². The van der Waals surface area contributed by atoms with Crippen LogP contribution in [-0.2, 0) is 0 Å². The Kier molecular flexibility index (Phi) is 6.80. The van der Waals surface area contributed by atoms with Gasteiger partial charge in [0.2, 0.25) is 0 Å². The van der Waals surface area contributed by atoms with Crippen LogP contribution in [0.1, 0.15) is 0 Å². The fourth-order valence-electron chi connectivity index (χ4n) is 6.74. The van der Waals surface area contributed by atoms with Gasteiger partial charge in [-0.1, -0.05) is 126 Å². The molecule has 0 aliphatic rings. The van der Waals surface area contributed by atoms with Crippen LogP contribution in [0.25, 0.3) is 71.9 Å². The lowest BCUT2D eigenvalue weighted by Gasteiger charge is -2.24. The number of hydrogen-bond donors (Lipinski definition) is 0. The number of para-hydroxylation sites is 2. The first kappa shape index (κ1) is 28.3. The molecule has 0 atom stereocenters. The Bertz CT molecular complexity index is 2400. The van der Waals surface area contributed by atoms with Crippen molar-refractivity contribution >= 4 is 99.1 Å². The van der Waals surface area contributed by atoms with Gasteiger partial charge < -0.3 is 0 Å². The normalized spacial score (nSPS) is 11.5. The van der Waals surface area contributed by atoms with Gasteiger partial charge in [0.1, 0.15) is 45.1 Å². The van der Waals surface area contributed by atoms with Crippen LogP contribution in [0.3, 0.4) is 0 Å². The van der Waals surface area contributed by atoms with Gasteiger partial charge in [-0.3, -0.25) is 4.57 Å². The zero-order chi connectivity index (χ0) is 31.5. The van der Waals surface area contributed by atoms with Crippen molar-refractivity contribution < 1.29 is 0 Å². The summed E-state index contributed by atoms with van der Waals surface area (Å²) in [5.41, 5.74) is 8.46. The summed E-state index contributed by atoms with van der Waals surface area (Å²) in [6.07, 6.45) is 0. The van der Waals surface area contributed by atoms with Gasteiger partial charge in [-0.15, -0.1) is 16.4 Å². The van der Waals surface area contributed by atoms with Gasteiger partial charge in [0.15, 0.2) is 0 Å². The molecule has 0 saturated heterocycles. The highest BCUT2D eigenvalue weighted by Crippen LogP contribution is 2.46. The molecule has 1 heterocycles. The molecule has 0 aliphatic carbocycles. The van der Waals surface area contributed by atoms with E-state index in [0.29, 0.717) is 11.5 Å². The molecule has 7 aromatic carbocycles. The molecule has 0 N–H and O–H groups in total. The van der Waals surface area contributed by atoms with E-state index in [4.69, 9.17) is 44.2 Å². The molecule has 202 valence electrons. The number of rotatable bonds is 4. The van der Waals surface area contributed by atoms with Gasteiger partial charge in [0.05, 0.1) is 11.0 Å². The Morgan fingerprint density at radius 3 is 1.48 bits per heavy atom. The molecule has 0 amide bonds. The fraction of sp³-hybridized carbons (Fsp3) is 0. The van der Waals surface area contributed by atoms with Crippen molar-refractivity contribution in [3.8, 4) is 39.3 Å². The van der Waals surface area contributed by atoms with Gasteiger partial charge in [-0.05, 0) is 55.9 Å². The first-order valence-corrected chi connectivity index (χ1v) is 15.0. The quantitative estimate of drug-likeness (QED) is 0.228. The molecule has 0 aliphatic heterocycles. The van der Waals surface area contributed by atoms with Crippen LogP contribution in [-0.4, -0.2) is 48.8 Å². The summed E-state index contributed by atoms with van der Waals surface area (Å²) in [5.74, 6) is 0.652. The Balaban J connectivity index is 1.51. The summed E-state index contributed by atoms with van der Waals surface area (Å²) in [7, 11) is 32.3.